The maximum atomic E-state index is 13.9. The van der Waals surface area contributed by atoms with Crippen LogP contribution in [0.1, 0.15) is 38.7 Å². The van der Waals surface area contributed by atoms with E-state index in [-0.39, 0.29) is 11.5 Å². The first-order valence-corrected chi connectivity index (χ1v) is 6.85. The summed E-state index contributed by atoms with van der Waals surface area (Å²) in [6.45, 7) is 6.20. The maximum Gasteiger partial charge on any atom is 0.150 e. The fraction of sp³-hybridized carbons (Fsp3) is 0.600. The van der Waals surface area contributed by atoms with Crippen molar-refractivity contribution < 1.29 is 4.39 Å². The number of rotatable bonds is 6. The molecule has 0 saturated heterocycles. The second kappa shape index (κ2) is 5.70. The fourth-order valence-electron chi connectivity index (χ4n) is 2.20. The molecule has 1 aliphatic rings. The van der Waals surface area contributed by atoms with Crippen molar-refractivity contribution in [2.45, 2.75) is 45.7 Å². The molecule has 100 valence electrons. The summed E-state index contributed by atoms with van der Waals surface area (Å²) in [5, 5.41) is 0. The molecule has 3 heteroatoms. The van der Waals surface area contributed by atoms with Crippen LogP contribution >= 0.6 is 0 Å². The molecule has 0 heterocycles. The van der Waals surface area contributed by atoms with Gasteiger partial charge in [-0.3, -0.25) is 4.90 Å². The van der Waals surface area contributed by atoms with Crippen molar-refractivity contribution in [3.8, 4) is 0 Å². The molecule has 2 nitrogen and oxygen atoms in total. The Hall–Kier alpha value is -1.09. The van der Waals surface area contributed by atoms with Gasteiger partial charge in [0.2, 0.25) is 0 Å². The van der Waals surface area contributed by atoms with Gasteiger partial charge in [0, 0.05) is 18.2 Å². The summed E-state index contributed by atoms with van der Waals surface area (Å²) in [6.07, 6.45) is 3.67. The number of halogens is 1. The van der Waals surface area contributed by atoms with Gasteiger partial charge in [0.15, 0.2) is 5.82 Å². The average molecular weight is 250 g/mol. The molecule has 0 bridgehead atoms. The zero-order valence-corrected chi connectivity index (χ0v) is 11.3. The summed E-state index contributed by atoms with van der Waals surface area (Å²) in [7, 11) is 0. The third-order valence-electron chi connectivity index (χ3n) is 3.54. The highest BCUT2D eigenvalue weighted by Gasteiger charge is 2.29. The Morgan fingerprint density at radius 2 is 2.11 bits per heavy atom. The van der Waals surface area contributed by atoms with Crippen molar-refractivity contribution >= 4 is 5.69 Å². The van der Waals surface area contributed by atoms with Crippen LogP contribution in [0.3, 0.4) is 0 Å². The first-order chi connectivity index (χ1) is 8.58. The molecule has 1 fully saturated rings. The minimum Gasteiger partial charge on any atom is -0.396 e. The van der Waals surface area contributed by atoms with Crippen LogP contribution in [0.25, 0.3) is 0 Å². The lowest BCUT2D eigenvalue weighted by Gasteiger charge is -2.23. The van der Waals surface area contributed by atoms with E-state index in [1.54, 1.807) is 6.07 Å². The van der Waals surface area contributed by atoms with E-state index in [0.717, 1.165) is 12.1 Å². The fourth-order valence-corrected chi connectivity index (χ4v) is 2.20. The van der Waals surface area contributed by atoms with Gasteiger partial charge >= 0.3 is 0 Å². The number of nitrogen functional groups attached to an aromatic ring is 1. The van der Waals surface area contributed by atoms with Crippen LogP contribution < -0.4 is 5.73 Å². The number of anilines is 1. The Kier molecular flexibility index (Phi) is 4.23. The van der Waals surface area contributed by atoms with Crippen LogP contribution in [0.4, 0.5) is 10.1 Å². The molecule has 1 aromatic rings. The molecule has 2 N–H and O–H groups in total. The number of benzene rings is 1. The number of hydrogen-bond acceptors (Lipinski definition) is 2. The molecule has 1 saturated carbocycles. The Morgan fingerprint density at radius 3 is 2.72 bits per heavy atom. The van der Waals surface area contributed by atoms with Crippen molar-refractivity contribution in [1.82, 2.24) is 4.90 Å². The molecule has 0 unspecified atom stereocenters. The largest absolute Gasteiger partial charge is 0.396 e. The second-order valence-corrected chi connectivity index (χ2v) is 5.70. The van der Waals surface area contributed by atoms with Crippen molar-refractivity contribution in [2.75, 3.05) is 12.3 Å². The van der Waals surface area contributed by atoms with Crippen molar-refractivity contribution in [2.24, 2.45) is 5.92 Å². The Morgan fingerprint density at radius 1 is 1.39 bits per heavy atom. The van der Waals surface area contributed by atoms with Gasteiger partial charge in [-0.1, -0.05) is 26.0 Å². The zero-order valence-electron chi connectivity index (χ0n) is 11.3. The molecule has 0 amide bonds. The van der Waals surface area contributed by atoms with E-state index in [0.29, 0.717) is 18.5 Å². The van der Waals surface area contributed by atoms with Gasteiger partial charge in [0.25, 0.3) is 0 Å². The third-order valence-corrected chi connectivity index (χ3v) is 3.54. The predicted molar refractivity (Wildman–Crippen MR) is 73.7 cm³/mol. The van der Waals surface area contributed by atoms with Crippen LogP contribution in [0, 0.1) is 11.7 Å². The zero-order chi connectivity index (χ0) is 13.1. The molecule has 1 aromatic carbocycles. The Labute approximate surface area is 109 Å². The molecule has 0 aromatic heterocycles. The van der Waals surface area contributed by atoms with Gasteiger partial charge < -0.3 is 5.73 Å². The van der Waals surface area contributed by atoms with E-state index in [1.165, 1.54) is 19.3 Å². The summed E-state index contributed by atoms with van der Waals surface area (Å²) in [6, 6.07) is 5.95. The maximum absolute atomic E-state index is 13.9. The van der Waals surface area contributed by atoms with E-state index >= 15 is 0 Å². The Bertz CT molecular complexity index is 399. The smallest absolute Gasteiger partial charge is 0.150 e. The van der Waals surface area contributed by atoms with E-state index in [9.17, 15) is 4.39 Å². The van der Waals surface area contributed by atoms with E-state index < -0.39 is 0 Å². The molecule has 0 spiro atoms. The monoisotopic (exact) mass is 250 g/mol. The second-order valence-electron chi connectivity index (χ2n) is 5.70. The standard InChI is InChI=1S/C15H23FN2/c1-11(2)8-9-18(13-6-7-13)10-12-4-3-5-14(17)15(12)16/h3-5,11,13H,6-10,17H2,1-2H3. The lowest BCUT2D eigenvalue weighted by molar-refractivity contribution is 0.236. The van der Waals surface area contributed by atoms with Gasteiger partial charge in [-0.25, -0.2) is 4.39 Å². The minimum absolute atomic E-state index is 0.243. The molecule has 0 aliphatic heterocycles. The van der Waals surface area contributed by atoms with Crippen molar-refractivity contribution in [3.63, 3.8) is 0 Å². The number of nitrogens with two attached hydrogens (primary N) is 1. The summed E-state index contributed by atoms with van der Waals surface area (Å²) in [4.78, 5) is 2.40. The van der Waals surface area contributed by atoms with Gasteiger partial charge in [-0.05, 0) is 37.8 Å². The number of nitrogens with zero attached hydrogens (tertiary/aromatic N) is 1. The van der Waals surface area contributed by atoms with Crippen LogP contribution in [-0.4, -0.2) is 17.5 Å². The average Bonchev–Trinajstić information content (AvgIpc) is 3.13. The van der Waals surface area contributed by atoms with E-state index in [4.69, 9.17) is 5.73 Å². The minimum atomic E-state index is -0.243. The molecule has 0 radical (unpaired) electrons. The summed E-state index contributed by atoms with van der Waals surface area (Å²) >= 11 is 0. The quantitative estimate of drug-likeness (QED) is 0.784. The van der Waals surface area contributed by atoms with Gasteiger partial charge in [0.05, 0.1) is 5.69 Å². The summed E-state index contributed by atoms with van der Waals surface area (Å²) in [5.41, 5.74) is 6.60. The van der Waals surface area contributed by atoms with Gasteiger partial charge in [-0.2, -0.15) is 0 Å². The highest BCUT2D eigenvalue weighted by atomic mass is 19.1. The lowest BCUT2D eigenvalue weighted by atomic mass is 10.1. The molecule has 18 heavy (non-hydrogen) atoms. The van der Waals surface area contributed by atoms with Crippen molar-refractivity contribution in [1.29, 1.82) is 0 Å². The highest BCUT2D eigenvalue weighted by Crippen LogP contribution is 2.29. The predicted octanol–water partition coefficient (Wildman–Crippen LogP) is 3.42. The van der Waals surface area contributed by atoms with Crippen molar-refractivity contribution in [3.05, 3.63) is 29.6 Å². The summed E-state index contributed by atoms with van der Waals surface area (Å²) < 4.78 is 13.9. The highest BCUT2D eigenvalue weighted by molar-refractivity contribution is 5.42. The van der Waals surface area contributed by atoms with E-state index in [1.807, 2.05) is 12.1 Å². The van der Waals surface area contributed by atoms with Crippen LogP contribution in [0.5, 0.6) is 0 Å². The third kappa shape index (κ3) is 3.45. The topological polar surface area (TPSA) is 29.3 Å². The molecular formula is C15H23FN2. The summed E-state index contributed by atoms with van der Waals surface area (Å²) in [5.74, 6) is 0.449. The van der Waals surface area contributed by atoms with Crippen LogP contribution in [0.15, 0.2) is 18.2 Å². The lowest BCUT2D eigenvalue weighted by Crippen LogP contribution is -2.28. The normalized spacial score (nSPS) is 15.6. The van der Waals surface area contributed by atoms with E-state index in [2.05, 4.69) is 18.7 Å². The molecular weight excluding hydrogens is 227 g/mol. The van der Waals surface area contributed by atoms with Gasteiger partial charge in [0.1, 0.15) is 0 Å². The molecule has 0 atom stereocenters. The first-order valence-electron chi connectivity index (χ1n) is 6.85. The molecule has 1 aliphatic carbocycles. The number of hydrogen-bond donors (Lipinski definition) is 1. The Balaban J connectivity index is 2.01. The SMILES string of the molecule is CC(C)CCN(Cc1cccc(N)c1F)C1CC1. The van der Waals surface area contributed by atoms with Gasteiger partial charge in [-0.15, -0.1) is 0 Å². The van der Waals surface area contributed by atoms with Crippen LogP contribution in [0.2, 0.25) is 0 Å². The van der Waals surface area contributed by atoms with Crippen LogP contribution in [-0.2, 0) is 6.54 Å². The molecule has 2 rings (SSSR count). The first kappa shape index (κ1) is 13.3.